The third-order valence-corrected chi connectivity index (χ3v) is 4.68. The molecule has 0 saturated carbocycles. The highest BCUT2D eigenvalue weighted by Crippen LogP contribution is 2.14. The normalized spacial score (nSPS) is 23.5. The van der Waals surface area contributed by atoms with Crippen molar-refractivity contribution in [3.8, 4) is 0 Å². The first kappa shape index (κ1) is 20.9. The van der Waals surface area contributed by atoms with E-state index in [0.717, 1.165) is 19.3 Å². The van der Waals surface area contributed by atoms with Gasteiger partial charge in [0, 0.05) is 6.42 Å². The summed E-state index contributed by atoms with van der Waals surface area (Å²) in [5.74, 6) is -0.783. The number of esters is 2. The summed E-state index contributed by atoms with van der Waals surface area (Å²) in [6.07, 6.45) is 23.2. The second kappa shape index (κ2) is 15.4. The first-order valence-electron chi connectivity index (χ1n) is 10.2. The van der Waals surface area contributed by atoms with Gasteiger partial charge in [-0.15, -0.1) is 0 Å². The molecule has 1 aliphatic rings. The molecular formula is C21H36O3. The van der Waals surface area contributed by atoms with Crippen LogP contribution in [0.15, 0.2) is 12.2 Å². The minimum Gasteiger partial charge on any atom is -0.393 e. The molecule has 0 radical (unpaired) electrons. The first-order chi connectivity index (χ1) is 11.8. The van der Waals surface area contributed by atoms with Gasteiger partial charge in [0.1, 0.15) is 0 Å². The number of hydrogen-bond donors (Lipinski definition) is 0. The van der Waals surface area contributed by atoms with Gasteiger partial charge in [-0.05, 0) is 19.3 Å². The lowest BCUT2D eigenvalue weighted by Crippen LogP contribution is -2.11. The zero-order valence-electron chi connectivity index (χ0n) is 15.4. The molecule has 3 nitrogen and oxygen atoms in total. The van der Waals surface area contributed by atoms with Crippen molar-refractivity contribution in [2.45, 2.75) is 109 Å². The molecule has 24 heavy (non-hydrogen) atoms. The van der Waals surface area contributed by atoms with E-state index in [1.54, 1.807) is 0 Å². The fourth-order valence-corrected chi connectivity index (χ4v) is 3.17. The van der Waals surface area contributed by atoms with Crippen LogP contribution in [0.1, 0.15) is 109 Å². The Hall–Kier alpha value is -1.12. The minimum absolute atomic E-state index is 0.214. The van der Waals surface area contributed by atoms with E-state index in [1.807, 2.05) is 12.2 Å². The van der Waals surface area contributed by atoms with Crippen LogP contribution in [0.4, 0.5) is 0 Å². The summed E-state index contributed by atoms with van der Waals surface area (Å²) in [4.78, 5) is 23.1. The number of carbonyl (C=O) groups excluding carboxylic acids is 2. The van der Waals surface area contributed by atoms with E-state index in [-0.39, 0.29) is 12.4 Å². The molecule has 0 unspecified atom stereocenters. The van der Waals surface area contributed by atoms with Crippen molar-refractivity contribution >= 4 is 11.9 Å². The molecule has 0 aromatic heterocycles. The standard InChI is InChI=1S/C21H36O3/c22-20-18-16-14-12-10-8-6-4-2-1-3-5-7-9-11-13-15-17-19-21(23)24-20/h14,16H,1-13,15,17-19H2/b16-14+. The lowest BCUT2D eigenvalue weighted by molar-refractivity contribution is -0.159. The first-order valence-corrected chi connectivity index (χ1v) is 10.2. The van der Waals surface area contributed by atoms with Crippen LogP contribution in [-0.2, 0) is 14.3 Å². The van der Waals surface area contributed by atoms with E-state index in [9.17, 15) is 9.59 Å². The topological polar surface area (TPSA) is 43.4 Å². The molecule has 138 valence electrons. The highest BCUT2D eigenvalue weighted by atomic mass is 16.6. The fourth-order valence-electron chi connectivity index (χ4n) is 3.17. The molecule has 3 heteroatoms. The van der Waals surface area contributed by atoms with Crippen molar-refractivity contribution in [3.63, 3.8) is 0 Å². The zero-order valence-corrected chi connectivity index (χ0v) is 15.4. The molecular weight excluding hydrogens is 300 g/mol. The summed E-state index contributed by atoms with van der Waals surface area (Å²) in [5, 5.41) is 0. The van der Waals surface area contributed by atoms with Crippen LogP contribution < -0.4 is 0 Å². The average Bonchev–Trinajstić information content (AvgIpc) is 2.56. The van der Waals surface area contributed by atoms with Gasteiger partial charge in [0.15, 0.2) is 0 Å². The molecule has 1 heterocycles. The summed E-state index contributed by atoms with van der Waals surface area (Å²) in [6, 6.07) is 0. The number of hydrogen-bond acceptors (Lipinski definition) is 3. The van der Waals surface area contributed by atoms with Crippen molar-refractivity contribution in [3.05, 3.63) is 12.2 Å². The number of cyclic esters (lactones) is 2. The van der Waals surface area contributed by atoms with Gasteiger partial charge >= 0.3 is 11.9 Å². The molecule has 0 N–H and O–H groups in total. The summed E-state index contributed by atoms with van der Waals surface area (Å²) >= 11 is 0. The largest absolute Gasteiger partial charge is 0.393 e. The Morgan fingerprint density at radius 1 is 0.542 bits per heavy atom. The average molecular weight is 337 g/mol. The number of ether oxygens (including phenoxy) is 1. The number of allylic oxidation sites excluding steroid dienone is 1. The highest BCUT2D eigenvalue weighted by Gasteiger charge is 2.08. The summed E-state index contributed by atoms with van der Waals surface area (Å²) < 4.78 is 4.83. The molecule has 0 saturated heterocycles. The molecule has 0 aromatic rings. The summed E-state index contributed by atoms with van der Waals surface area (Å²) in [5.41, 5.74) is 0. The van der Waals surface area contributed by atoms with E-state index in [1.165, 1.54) is 77.0 Å². The predicted octanol–water partition coefficient (Wildman–Crippen LogP) is 6.26. The number of rotatable bonds is 0. The van der Waals surface area contributed by atoms with Crippen molar-refractivity contribution in [2.24, 2.45) is 0 Å². The molecule has 0 aromatic carbocycles. The Morgan fingerprint density at radius 3 is 1.54 bits per heavy atom. The van der Waals surface area contributed by atoms with Crippen molar-refractivity contribution < 1.29 is 14.3 Å². The maximum atomic E-state index is 11.6. The Bertz CT molecular complexity index is 360. The Labute approximate surface area is 148 Å². The quantitative estimate of drug-likeness (QED) is 0.298. The van der Waals surface area contributed by atoms with Crippen LogP contribution >= 0.6 is 0 Å². The van der Waals surface area contributed by atoms with E-state index < -0.39 is 5.97 Å². The second-order valence-corrected chi connectivity index (χ2v) is 7.01. The van der Waals surface area contributed by atoms with Gasteiger partial charge in [-0.25, -0.2) is 0 Å². The Kier molecular flexibility index (Phi) is 13.4. The smallest absolute Gasteiger partial charge is 0.317 e. The van der Waals surface area contributed by atoms with Crippen molar-refractivity contribution in [1.82, 2.24) is 0 Å². The molecule has 1 aliphatic heterocycles. The van der Waals surface area contributed by atoms with Gasteiger partial charge in [0.25, 0.3) is 0 Å². The molecule has 0 aliphatic carbocycles. The Balaban J connectivity index is 2.23. The van der Waals surface area contributed by atoms with Crippen LogP contribution in [0.2, 0.25) is 0 Å². The van der Waals surface area contributed by atoms with Gasteiger partial charge in [0.2, 0.25) is 0 Å². The van der Waals surface area contributed by atoms with E-state index in [4.69, 9.17) is 4.74 Å². The third-order valence-electron chi connectivity index (χ3n) is 4.68. The zero-order chi connectivity index (χ0) is 17.3. The predicted molar refractivity (Wildman–Crippen MR) is 98.7 cm³/mol. The van der Waals surface area contributed by atoms with E-state index in [0.29, 0.717) is 6.42 Å². The Morgan fingerprint density at radius 2 is 1.00 bits per heavy atom. The maximum absolute atomic E-state index is 11.6. The molecule has 0 fully saturated rings. The van der Waals surface area contributed by atoms with Crippen LogP contribution in [0, 0.1) is 0 Å². The molecule has 0 atom stereocenters. The summed E-state index contributed by atoms with van der Waals surface area (Å²) in [7, 11) is 0. The van der Waals surface area contributed by atoms with Crippen LogP contribution in [0.3, 0.4) is 0 Å². The molecule has 1 rings (SSSR count). The highest BCUT2D eigenvalue weighted by molar-refractivity contribution is 5.86. The molecule has 0 bridgehead atoms. The summed E-state index contributed by atoms with van der Waals surface area (Å²) in [6.45, 7) is 0. The molecule has 0 spiro atoms. The lowest BCUT2D eigenvalue weighted by Gasteiger charge is -2.04. The van der Waals surface area contributed by atoms with E-state index in [2.05, 4.69) is 0 Å². The monoisotopic (exact) mass is 336 g/mol. The van der Waals surface area contributed by atoms with Gasteiger partial charge in [-0.2, -0.15) is 0 Å². The van der Waals surface area contributed by atoms with Crippen molar-refractivity contribution in [1.29, 1.82) is 0 Å². The van der Waals surface area contributed by atoms with Gasteiger partial charge < -0.3 is 4.74 Å². The van der Waals surface area contributed by atoms with Gasteiger partial charge in [-0.1, -0.05) is 89.2 Å². The van der Waals surface area contributed by atoms with Crippen molar-refractivity contribution in [2.75, 3.05) is 0 Å². The lowest BCUT2D eigenvalue weighted by atomic mass is 10.0. The molecule has 0 amide bonds. The van der Waals surface area contributed by atoms with E-state index >= 15 is 0 Å². The number of carbonyl (C=O) groups is 2. The fraction of sp³-hybridized carbons (Fsp3) is 0.810. The van der Waals surface area contributed by atoms with Crippen LogP contribution in [0.25, 0.3) is 0 Å². The third kappa shape index (κ3) is 13.3. The van der Waals surface area contributed by atoms with Gasteiger partial charge in [-0.3, -0.25) is 9.59 Å². The maximum Gasteiger partial charge on any atom is 0.317 e. The van der Waals surface area contributed by atoms with Gasteiger partial charge in [0.05, 0.1) is 6.42 Å². The minimum atomic E-state index is -0.418. The van der Waals surface area contributed by atoms with Crippen LogP contribution in [0.5, 0.6) is 0 Å². The SMILES string of the molecule is O=C1C/C=C/CCCCCCCCCCCCCCCCC(=O)O1. The second-order valence-electron chi connectivity index (χ2n) is 7.01. The van der Waals surface area contributed by atoms with Crippen LogP contribution in [-0.4, -0.2) is 11.9 Å².